The van der Waals surface area contributed by atoms with Crippen LogP contribution in [-0.4, -0.2) is 52.1 Å². The van der Waals surface area contributed by atoms with Crippen LogP contribution < -0.4 is 10.5 Å². The second-order valence-corrected chi connectivity index (χ2v) is 5.05. The lowest BCUT2D eigenvalue weighted by Crippen LogP contribution is -2.41. The zero-order valence-corrected chi connectivity index (χ0v) is 9.09. The molecular weight excluding hydrogens is 206 g/mol. The third-order valence-electron chi connectivity index (χ3n) is 2.12. The van der Waals surface area contributed by atoms with Crippen molar-refractivity contribution < 1.29 is 13.2 Å². The molecule has 1 rings (SSSR count). The fraction of sp³-hybridized carbons (Fsp3) is 1.00. The Balaban J connectivity index is 2.41. The Morgan fingerprint density at radius 2 is 2.36 bits per heavy atom. The summed E-state index contributed by atoms with van der Waals surface area (Å²) in [4.78, 5) is 0. The highest BCUT2D eigenvalue weighted by molar-refractivity contribution is 7.87. The van der Waals surface area contributed by atoms with Gasteiger partial charge in [-0.1, -0.05) is 0 Å². The first-order valence-corrected chi connectivity index (χ1v) is 5.99. The molecule has 0 aromatic carbocycles. The third-order valence-corrected chi connectivity index (χ3v) is 3.70. The summed E-state index contributed by atoms with van der Waals surface area (Å²) in [5.74, 6) is 0. The van der Waals surface area contributed by atoms with Crippen LogP contribution in [0.15, 0.2) is 0 Å². The Kier molecular flexibility index (Phi) is 4.27. The fourth-order valence-corrected chi connectivity index (χ4v) is 2.59. The minimum Gasteiger partial charge on any atom is -0.383 e. The molecule has 1 aliphatic rings. The molecule has 0 aromatic rings. The predicted molar refractivity (Wildman–Crippen MR) is 53.0 cm³/mol. The molecule has 0 saturated carbocycles. The number of methoxy groups -OCH3 is 1. The van der Waals surface area contributed by atoms with E-state index >= 15 is 0 Å². The van der Waals surface area contributed by atoms with Crippen molar-refractivity contribution >= 4 is 10.2 Å². The minimum atomic E-state index is -3.34. The van der Waals surface area contributed by atoms with Gasteiger partial charge in [-0.25, -0.2) is 0 Å². The van der Waals surface area contributed by atoms with Gasteiger partial charge in [0.05, 0.1) is 6.61 Å². The van der Waals surface area contributed by atoms with E-state index in [1.54, 1.807) is 0 Å². The number of ether oxygens (including phenoxy) is 1. The molecule has 1 heterocycles. The average Bonchev–Trinajstić information content (AvgIpc) is 2.53. The molecular formula is C7H17N3O3S. The summed E-state index contributed by atoms with van der Waals surface area (Å²) in [5.41, 5.74) is 5.62. The number of nitrogens with zero attached hydrogens (tertiary/aromatic N) is 1. The molecule has 0 amide bonds. The van der Waals surface area contributed by atoms with Crippen molar-refractivity contribution in [3.63, 3.8) is 0 Å². The third kappa shape index (κ3) is 3.18. The van der Waals surface area contributed by atoms with Crippen LogP contribution in [0.3, 0.4) is 0 Å². The zero-order chi connectivity index (χ0) is 10.6. The van der Waals surface area contributed by atoms with Crippen molar-refractivity contribution in [3.05, 3.63) is 0 Å². The van der Waals surface area contributed by atoms with Crippen LogP contribution in [0, 0.1) is 0 Å². The summed E-state index contributed by atoms with van der Waals surface area (Å²) in [6.07, 6.45) is 0.727. The SMILES string of the molecule is COCCNS(=O)(=O)N1CC[C@H](N)C1. The topological polar surface area (TPSA) is 84.7 Å². The van der Waals surface area contributed by atoms with Gasteiger partial charge in [0.2, 0.25) is 0 Å². The summed E-state index contributed by atoms with van der Waals surface area (Å²) in [7, 11) is -1.81. The van der Waals surface area contributed by atoms with Crippen molar-refractivity contribution in [1.29, 1.82) is 0 Å². The summed E-state index contributed by atoms with van der Waals surface area (Å²) < 4.78 is 31.7. The Morgan fingerprint density at radius 3 is 2.86 bits per heavy atom. The maximum atomic E-state index is 11.6. The van der Waals surface area contributed by atoms with E-state index in [1.165, 1.54) is 11.4 Å². The first-order valence-electron chi connectivity index (χ1n) is 4.55. The average molecular weight is 223 g/mol. The van der Waals surface area contributed by atoms with E-state index in [2.05, 4.69) is 4.72 Å². The van der Waals surface area contributed by atoms with Gasteiger partial charge in [0.15, 0.2) is 0 Å². The van der Waals surface area contributed by atoms with Crippen molar-refractivity contribution in [2.75, 3.05) is 33.4 Å². The second kappa shape index (κ2) is 5.04. The maximum absolute atomic E-state index is 11.6. The lowest BCUT2D eigenvalue weighted by atomic mass is 10.3. The zero-order valence-electron chi connectivity index (χ0n) is 8.27. The molecule has 0 aliphatic carbocycles. The lowest BCUT2D eigenvalue weighted by Gasteiger charge is -2.16. The van der Waals surface area contributed by atoms with Gasteiger partial charge >= 0.3 is 0 Å². The van der Waals surface area contributed by atoms with Gasteiger partial charge in [0.1, 0.15) is 0 Å². The van der Waals surface area contributed by atoms with Gasteiger partial charge in [-0.15, -0.1) is 0 Å². The molecule has 6 nitrogen and oxygen atoms in total. The predicted octanol–water partition coefficient (Wildman–Crippen LogP) is -1.50. The van der Waals surface area contributed by atoms with Crippen molar-refractivity contribution in [2.24, 2.45) is 5.73 Å². The molecule has 3 N–H and O–H groups in total. The van der Waals surface area contributed by atoms with E-state index in [0.717, 1.165) is 6.42 Å². The van der Waals surface area contributed by atoms with Crippen LogP contribution in [0.1, 0.15) is 6.42 Å². The van der Waals surface area contributed by atoms with Gasteiger partial charge in [-0.05, 0) is 6.42 Å². The van der Waals surface area contributed by atoms with Crippen LogP contribution in [0.5, 0.6) is 0 Å². The molecule has 7 heteroatoms. The first kappa shape index (κ1) is 11.9. The van der Waals surface area contributed by atoms with Gasteiger partial charge in [-0.2, -0.15) is 17.4 Å². The minimum absolute atomic E-state index is 0.0333. The highest BCUT2D eigenvalue weighted by Gasteiger charge is 2.28. The summed E-state index contributed by atoms with van der Waals surface area (Å²) in [6.45, 7) is 1.58. The molecule has 0 unspecified atom stereocenters. The van der Waals surface area contributed by atoms with Crippen LogP contribution in [-0.2, 0) is 14.9 Å². The Hall–Kier alpha value is -0.210. The fourth-order valence-electron chi connectivity index (χ4n) is 1.34. The highest BCUT2D eigenvalue weighted by atomic mass is 32.2. The number of hydrogen-bond donors (Lipinski definition) is 2. The van der Waals surface area contributed by atoms with Crippen molar-refractivity contribution in [1.82, 2.24) is 9.03 Å². The first-order chi connectivity index (χ1) is 6.56. The molecule has 14 heavy (non-hydrogen) atoms. The van der Waals surface area contributed by atoms with Crippen LogP contribution in [0.4, 0.5) is 0 Å². The molecule has 1 atom stereocenters. The Bertz CT molecular complexity index is 267. The largest absolute Gasteiger partial charge is 0.383 e. The van der Waals surface area contributed by atoms with Crippen molar-refractivity contribution in [3.8, 4) is 0 Å². The van der Waals surface area contributed by atoms with Gasteiger partial charge < -0.3 is 10.5 Å². The van der Waals surface area contributed by atoms with Crippen LogP contribution >= 0.6 is 0 Å². The van der Waals surface area contributed by atoms with E-state index in [-0.39, 0.29) is 6.04 Å². The molecule has 1 saturated heterocycles. The lowest BCUT2D eigenvalue weighted by molar-refractivity contribution is 0.204. The quantitative estimate of drug-likeness (QED) is 0.556. The molecule has 0 radical (unpaired) electrons. The normalized spacial score (nSPS) is 24.3. The Morgan fingerprint density at radius 1 is 1.64 bits per heavy atom. The van der Waals surface area contributed by atoms with Gasteiger partial charge in [-0.3, -0.25) is 0 Å². The number of nitrogens with one attached hydrogen (secondary N) is 1. The van der Waals surface area contributed by atoms with Crippen LogP contribution in [0.25, 0.3) is 0 Å². The summed E-state index contributed by atoms with van der Waals surface area (Å²) in [6, 6.07) is -0.0333. The number of hydrogen-bond acceptors (Lipinski definition) is 4. The molecule has 0 aromatic heterocycles. The number of rotatable bonds is 5. The van der Waals surface area contributed by atoms with Gasteiger partial charge in [0.25, 0.3) is 10.2 Å². The van der Waals surface area contributed by atoms with Crippen LogP contribution in [0.2, 0.25) is 0 Å². The van der Waals surface area contributed by atoms with Gasteiger partial charge in [0, 0.05) is 32.8 Å². The standard InChI is InChI=1S/C7H17N3O3S/c1-13-5-3-9-14(11,12)10-4-2-7(8)6-10/h7,9H,2-6,8H2,1H3/t7-/m0/s1. The summed E-state index contributed by atoms with van der Waals surface area (Å²) >= 11 is 0. The monoisotopic (exact) mass is 223 g/mol. The molecule has 84 valence electrons. The molecule has 0 bridgehead atoms. The van der Waals surface area contributed by atoms with E-state index in [0.29, 0.717) is 26.2 Å². The van der Waals surface area contributed by atoms with E-state index in [1.807, 2.05) is 0 Å². The number of nitrogens with two attached hydrogens (primary N) is 1. The highest BCUT2D eigenvalue weighted by Crippen LogP contribution is 2.10. The van der Waals surface area contributed by atoms with E-state index in [4.69, 9.17) is 10.5 Å². The molecule has 1 fully saturated rings. The van der Waals surface area contributed by atoms with Crippen molar-refractivity contribution in [2.45, 2.75) is 12.5 Å². The second-order valence-electron chi connectivity index (χ2n) is 3.30. The summed E-state index contributed by atoms with van der Waals surface area (Å²) in [5, 5.41) is 0. The molecule has 1 aliphatic heterocycles. The Labute approximate surface area is 84.6 Å². The van der Waals surface area contributed by atoms with E-state index in [9.17, 15) is 8.42 Å². The van der Waals surface area contributed by atoms with E-state index < -0.39 is 10.2 Å². The maximum Gasteiger partial charge on any atom is 0.279 e. The smallest absolute Gasteiger partial charge is 0.279 e. The molecule has 0 spiro atoms.